The van der Waals surface area contributed by atoms with Gasteiger partial charge < -0.3 is 5.11 Å². The highest BCUT2D eigenvalue weighted by molar-refractivity contribution is 5.86. The van der Waals surface area contributed by atoms with Crippen molar-refractivity contribution in [1.29, 1.82) is 0 Å². The van der Waals surface area contributed by atoms with Gasteiger partial charge in [0.15, 0.2) is 0 Å². The van der Waals surface area contributed by atoms with E-state index in [0.717, 1.165) is 12.3 Å². The predicted molar refractivity (Wildman–Crippen MR) is 68.7 cm³/mol. The maximum absolute atomic E-state index is 11.0. The molecule has 3 unspecified atom stereocenters. The summed E-state index contributed by atoms with van der Waals surface area (Å²) in [6.45, 7) is 11.0. The van der Waals surface area contributed by atoms with E-state index in [2.05, 4.69) is 27.7 Å². The summed E-state index contributed by atoms with van der Waals surface area (Å²) in [6.07, 6.45) is 5.70. The van der Waals surface area contributed by atoms with Gasteiger partial charge in [0.05, 0.1) is 0 Å². The van der Waals surface area contributed by atoms with Crippen LogP contribution in [0.4, 0.5) is 0 Å². The first-order valence-electron chi connectivity index (χ1n) is 6.57. The Morgan fingerprint density at radius 2 is 1.88 bits per heavy atom. The number of carboxylic acids is 1. The van der Waals surface area contributed by atoms with Gasteiger partial charge in [0.25, 0.3) is 0 Å². The molecule has 2 bridgehead atoms. The molecule has 0 spiro atoms. The second kappa shape index (κ2) is 3.37. The van der Waals surface area contributed by atoms with Crippen LogP contribution in [0, 0.1) is 22.2 Å². The van der Waals surface area contributed by atoms with Crippen LogP contribution >= 0.6 is 0 Å². The second-order valence-electron chi connectivity index (χ2n) is 7.04. The Morgan fingerprint density at radius 3 is 2.24 bits per heavy atom. The third-order valence-corrected chi connectivity index (χ3v) is 6.24. The first kappa shape index (κ1) is 12.7. The van der Waals surface area contributed by atoms with Crippen molar-refractivity contribution in [2.45, 2.75) is 53.9 Å². The average molecular weight is 236 g/mol. The first-order valence-corrected chi connectivity index (χ1v) is 6.57. The minimum Gasteiger partial charge on any atom is -0.478 e. The molecule has 2 rings (SSSR count). The van der Waals surface area contributed by atoms with Crippen LogP contribution in [-0.2, 0) is 4.79 Å². The molecule has 2 fully saturated rings. The van der Waals surface area contributed by atoms with E-state index in [1.54, 1.807) is 6.92 Å². The predicted octanol–water partition coefficient (Wildman–Crippen LogP) is 3.87. The van der Waals surface area contributed by atoms with Crippen LogP contribution in [0.5, 0.6) is 0 Å². The van der Waals surface area contributed by atoms with Crippen molar-refractivity contribution in [3.8, 4) is 0 Å². The smallest absolute Gasteiger partial charge is 0.330 e. The largest absolute Gasteiger partial charge is 0.478 e. The van der Waals surface area contributed by atoms with E-state index in [-0.39, 0.29) is 10.8 Å². The summed E-state index contributed by atoms with van der Waals surface area (Å²) in [5.74, 6) is -0.0363. The third-order valence-electron chi connectivity index (χ3n) is 6.24. The molecule has 0 aliphatic heterocycles. The van der Waals surface area contributed by atoms with Crippen molar-refractivity contribution in [3.63, 3.8) is 0 Å². The summed E-state index contributed by atoms with van der Waals surface area (Å²) in [6, 6.07) is 0. The van der Waals surface area contributed by atoms with Crippen LogP contribution in [0.2, 0.25) is 0 Å². The standard InChI is InChI=1S/C15H24O2/c1-10(12(16)17)8-14(4)9-11-6-7-15(14,5)13(11,2)3/h8,11H,6-7,9H2,1-5H3,(H,16,17)/b10-8+. The van der Waals surface area contributed by atoms with E-state index in [0.29, 0.717) is 11.0 Å². The number of hydrogen-bond acceptors (Lipinski definition) is 1. The summed E-state index contributed by atoms with van der Waals surface area (Å²) >= 11 is 0. The number of hydrogen-bond donors (Lipinski definition) is 1. The van der Waals surface area contributed by atoms with Gasteiger partial charge in [0.1, 0.15) is 0 Å². The van der Waals surface area contributed by atoms with Crippen molar-refractivity contribution in [2.24, 2.45) is 22.2 Å². The molecule has 0 aromatic heterocycles. The monoisotopic (exact) mass is 236 g/mol. The highest BCUT2D eigenvalue weighted by atomic mass is 16.4. The molecule has 96 valence electrons. The van der Waals surface area contributed by atoms with Crippen LogP contribution in [0.25, 0.3) is 0 Å². The highest BCUT2D eigenvalue weighted by Crippen LogP contribution is 2.73. The average Bonchev–Trinajstić information content (AvgIpc) is 2.49. The Bertz CT molecular complexity index is 394. The minimum atomic E-state index is -0.782. The number of aliphatic carboxylic acids is 1. The molecule has 0 amide bonds. The lowest BCUT2D eigenvalue weighted by molar-refractivity contribution is -0.132. The maximum atomic E-state index is 11.0. The van der Waals surface area contributed by atoms with Crippen LogP contribution < -0.4 is 0 Å². The zero-order chi connectivity index (χ0) is 13.1. The second-order valence-corrected chi connectivity index (χ2v) is 7.04. The molecule has 3 atom stereocenters. The lowest BCUT2D eigenvalue weighted by atomic mass is 9.59. The highest BCUT2D eigenvalue weighted by Gasteiger charge is 2.65. The quantitative estimate of drug-likeness (QED) is 0.739. The van der Waals surface area contributed by atoms with Crippen LogP contribution in [0.3, 0.4) is 0 Å². The topological polar surface area (TPSA) is 37.3 Å². The van der Waals surface area contributed by atoms with Gasteiger partial charge in [0, 0.05) is 5.57 Å². The van der Waals surface area contributed by atoms with Gasteiger partial charge >= 0.3 is 5.97 Å². The minimum absolute atomic E-state index is 0.0435. The van der Waals surface area contributed by atoms with E-state index in [9.17, 15) is 4.79 Å². The van der Waals surface area contributed by atoms with E-state index in [1.165, 1.54) is 12.8 Å². The van der Waals surface area contributed by atoms with E-state index < -0.39 is 5.97 Å². The summed E-state index contributed by atoms with van der Waals surface area (Å²) in [5.41, 5.74) is 1.11. The molecule has 2 heteroatoms. The molecule has 2 aliphatic rings. The van der Waals surface area contributed by atoms with Gasteiger partial charge in [-0.1, -0.05) is 33.8 Å². The third kappa shape index (κ3) is 1.42. The van der Waals surface area contributed by atoms with Gasteiger partial charge in [-0.2, -0.15) is 0 Å². The van der Waals surface area contributed by atoms with E-state index >= 15 is 0 Å². The Hall–Kier alpha value is -0.790. The number of carbonyl (C=O) groups is 1. The van der Waals surface area contributed by atoms with Gasteiger partial charge in [0.2, 0.25) is 0 Å². The molecular formula is C15H24O2. The lowest BCUT2D eigenvalue weighted by Crippen LogP contribution is -2.38. The number of carboxylic acid groups (broad SMARTS) is 1. The summed E-state index contributed by atoms with van der Waals surface area (Å²) in [5, 5.41) is 9.07. The fourth-order valence-corrected chi connectivity index (χ4v) is 4.47. The normalized spacial score (nSPS) is 44.1. The zero-order valence-corrected chi connectivity index (χ0v) is 11.6. The number of fused-ring (bicyclic) bond motifs is 2. The van der Waals surface area contributed by atoms with Gasteiger partial charge in [-0.25, -0.2) is 4.79 Å². The molecule has 2 nitrogen and oxygen atoms in total. The zero-order valence-electron chi connectivity index (χ0n) is 11.6. The van der Waals surface area contributed by atoms with Crippen molar-refractivity contribution in [2.75, 3.05) is 0 Å². The molecule has 0 aromatic rings. The Balaban J connectivity index is 2.43. The molecule has 0 aromatic carbocycles. The van der Waals surface area contributed by atoms with Crippen LogP contribution in [0.15, 0.2) is 11.6 Å². The maximum Gasteiger partial charge on any atom is 0.330 e. The van der Waals surface area contributed by atoms with Crippen molar-refractivity contribution < 1.29 is 9.90 Å². The molecule has 17 heavy (non-hydrogen) atoms. The molecule has 0 radical (unpaired) electrons. The Labute approximate surface area is 104 Å². The van der Waals surface area contributed by atoms with E-state index in [1.807, 2.05) is 6.08 Å². The van der Waals surface area contributed by atoms with Crippen LogP contribution in [0.1, 0.15) is 53.9 Å². The first-order chi connectivity index (χ1) is 7.64. The molecule has 2 aliphatic carbocycles. The molecule has 0 saturated heterocycles. The van der Waals surface area contributed by atoms with Crippen LogP contribution in [-0.4, -0.2) is 11.1 Å². The molecule has 2 saturated carbocycles. The Morgan fingerprint density at radius 1 is 1.29 bits per heavy atom. The molecule has 0 heterocycles. The number of rotatable bonds is 2. The van der Waals surface area contributed by atoms with E-state index in [4.69, 9.17) is 5.11 Å². The van der Waals surface area contributed by atoms with Gasteiger partial charge in [-0.05, 0) is 48.3 Å². The molecule has 1 N–H and O–H groups in total. The molecular weight excluding hydrogens is 212 g/mol. The van der Waals surface area contributed by atoms with Crippen molar-refractivity contribution in [1.82, 2.24) is 0 Å². The summed E-state index contributed by atoms with van der Waals surface area (Å²) in [7, 11) is 0. The van der Waals surface area contributed by atoms with Gasteiger partial charge in [-0.3, -0.25) is 0 Å². The van der Waals surface area contributed by atoms with Crippen molar-refractivity contribution >= 4 is 5.97 Å². The summed E-state index contributed by atoms with van der Waals surface area (Å²) < 4.78 is 0. The Kier molecular flexibility index (Phi) is 2.51. The SMILES string of the molecule is C/C(=C\C1(C)CC2CCC1(C)C2(C)C)C(=O)O. The fourth-order valence-electron chi connectivity index (χ4n) is 4.47. The van der Waals surface area contributed by atoms with Gasteiger partial charge in [-0.15, -0.1) is 0 Å². The van der Waals surface area contributed by atoms with Crippen molar-refractivity contribution in [3.05, 3.63) is 11.6 Å². The summed E-state index contributed by atoms with van der Waals surface area (Å²) in [4.78, 5) is 11.0. The lowest BCUT2D eigenvalue weighted by Gasteiger charge is -2.45. The fraction of sp³-hybridized carbons (Fsp3) is 0.800. The number of allylic oxidation sites excluding steroid dienone is 1.